The van der Waals surface area contributed by atoms with E-state index < -0.39 is 34.1 Å². The number of amides is 1. The molecule has 1 amide bonds. The van der Waals surface area contributed by atoms with Crippen LogP contribution in [0.4, 0.5) is 17.1 Å². The highest BCUT2D eigenvalue weighted by atomic mass is 16.6. The molecule has 13 nitrogen and oxygen atoms in total. The summed E-state index contributed by atoms with van der Waals surface area (Å²) in [6, 6.07) is 15.3. The zero-order valence-corrected chi connectivity index (χ0v) is 20.5. The molecule has 0 saturated carbocycles. The Hall–Kier alpha value is -5.33. The number of carbonyl (C=O) groups excluding carboxylic acids is 3. The summed E-state index contributed by atoms with van der Waals surface area (Å²) in [7, 11) is 1.31. The summed E-state index contributed by atoms with van der Waals surface area (Å²) in [4.78, 5) is 59.6. The Kier molecular flexibility index (Phi) is 7.80. The van der Waals surface area contributed by atoms with E-state index >= 15 is 0 Å². The zero-order valence-electron chi connectivity index (χ0n) is 20.5. The van der Waals surface area contributed by atoms with Crippen LogP contribution < -0.4 is 14.4 Å². The van der Waals surface area contributed by atoms with Gasteiger partial charge in [-0.25, -0.2) is 0 Å². The van der Waals surface area contributed by atoms with Gasteiger partial charge in [-0.3, -0.25) is 34.6 Å². The average molecular weight is 535 g/mol. The third kappa shape index (κ3) is 6.15. The standard InChI is InChI=1S/C26H21N3O10/c1-37-24-13-19(29(35)36)6-11-22(24)27-14-17(12-25(27)31)26(32)38-15-23(30)16-2-7-20(8-3-16)39-21-9-4-18(5-10-21)28(33)34/h2-11,13,17H,12,14-15H2,1H3/t17-/m1/s1. The minimum absolute atomic E-state index is 0.0330. The first kappa shape index (κ1) is 26.7. The lowest BCUT2D eigenvalue weighted by Crippen LogP contribution is -2.27. The number of Topliss-reactive ketones (excluding diaryl/α,β-unsaturated/α-hetero) is 1. The number of esters is 1. The lowest BCUT2D eigenvalue weighted by Gasteiger charge is -2.19. The third-order valence-electron chi connectivity index (χ3n) is 5.93. The van der Waals surface area contributed by atoms with Gasteiger partial charge in [0.1, 0.15) is 17.2 Å². The Balaban J connectivity index is 1.32. The number of carbonyl (C=O) groups is 3. The molecule has 4 rings (SSSR count). The van der Waals surface area contributed by atoms with E-state index in [0.717, 1.165) is 0 Å². The summed E-state index contributed by atoms with van der Waals surface area (Å²) in [5.74, 6) is -1.53. The fraction of sp³-hybridized carbons (Fsp3) is 0.192. The van der Waals surface area contributed by atoms with Gasteiger partial charge in [0.05, 0.1) is 34.6 Å². The van der Waals surface area contributed by atoms with E-state index in [-0.39, 0.29) is 47.2 Å². The Morgan fingerprint density at radius 2 is 1.51 bits per heavy atom. The highest BCUT2D eigenvalue weighted by Crippen LogP contribution is 2.36. The topological polar surface area (TPSA) is 168 Å². The number of nitrogens with zero attached hydrogens (tertiary/aromatic N) is 3. The summed E-state index contributed by atoms with van der Waals surface area (Å²) in [5.41, 5.74) is 0.273. The number of ether oxygens (including phenoxy) is 3. The Bertz CT molecular complexity index is 1440. The summed E-state index contributed by atoms with van der Waals surface area (Å²) in [5, 5.41) is 21.8. The lowest BCUT2D eigenvalue weighted by atomic mass is 10.1. The van der Waals surface area contributed by atoms with Crippen molar-refractivity contribution in [3.05, 3.63) is 92.5 Å². The maximum atomic E-state index is 12.6. The second kappa shape index (κ2) is 11.4. The van der Waals surface area contributed by atoms with E-state index in [1.807, 2.05) is 0 Å². The SMILES string of the molecule is COc1cc([N+](=O)[O-])ccc1N1C[C@H](C(=O)OCC(=O)c2ccc(Oc3ccc([N+](=O)[O-])cc3)cc2)CC1=O. The quantitative estimate of drug-likeness (QED) is 0.160. The number of anilines is 1. The predicted molar refractivity (Wildman–Crippen MR) is 135 cm³/mol. The van der Waals surface area contributed by atoms with E-state index in [2.05, 4.69) is 0 Å². The molecule has 1 aliphatic heterocycles. The van der Waals surface area contributed by atoms with Gasteiger partial charge in [-0.15, -0.1) is 0 Å². The second-order valence-corrected chi connectivity index (χ2v) is 8.43. The summed E-state index contributed by atoms with van der Waals surface area (Å²) in [6.07, 6.45) is -0.151. The first-order valence-electron chi connectivity index (χ1n) is 11.5. The van der Waals surface area contributed by atoms with Crippen LogP contribution in [0.2, 0.25) is 0 Å². The molecule has 1 heterocycles. The first-order chi connectivity index (χ1) is 18.7. The predicted octanol–water partition coefficient (Wildman–Crippen LogP) is 4.08. The number of rotatable bonds is 10. The highest BCUT2D eigenvalue weighted by molar-refractivity contribution is 6.01. The van der Waals surface area contributed by atoms with E-state index in [4.69, 9.17) is 14.2 Å². The van der Waals surface area contributed by atoms with Crippen molar-refractivity contribution < 1.29 is 38.4 Å². The molecule has 0 bridgehead atoms. The molecule has 0 N–H and O–H groups in total. The van der Waals surface area contributed by atoms with Crippen LogP contribution in [0.25, 0.3) is 0 Å². The van der Waals surface area contributed by atoms with E-state index in [0.29, 0.717) is 11.5 Å². The number of methoxy groups -OCH3 is 1. The molecule has 1 aliphatic rings. The Labute approximate surface area is 220 Å². The molecular weight excluding hydrogens is 514 g/mol. The van der Waals surface area contributed by atoms with Crippen LogP contribution in [-0.2, 0) is 14.3 Å². The van der Waals surface area contributed by atoms with Crippen LogP contribution in [0, 0.1) is 26.1 Å². The van der Waals surface area contributed by atoms with Gasteiger partial charge in [0, 0.05) is 36.7 Å². The number of hydrogen-bond acceptors (Lipinski definition) is 10. The Morgan fingerprint density at radius 1 is 0.923 bits per heavy atom. The van der Waals surface area contributed by atoms with Crippen LogP contribution in [-0.4, -0.2) is 47.8 Å². The van der Waals surface area contributed by atoms with Crippen LogP contribution in [0.1, 0.15) is 16.8 Å². The molecule has 3 aromatic carbocycles. The van der Waals surface area contributed by atoms with E-state index in [1.165, 1.54) is 78.7 Å². The molecular formula is C26H21N3O10. The normalized spacial score (nSPS) is 14.5. The van der Waals surface area contributed by atoms with Gasteiger partial charge in [0.15, 0.2) is 12.4 Å². The largest absolute Gasteiger partial charge is 0.494 e. The van der Waals surface area contributed by atoms with Gasteiger partial charge in [-0.05, 0) is 42.5 Å². The van der Waals surface area contributed by atoms with Crippen molar-refractivity contribution in [2.24, 2.45) is 5.92 Å². The number of ketones is 1. The van der Waals surface area contributed by atoms with Crippen molar-refractivity contribution in [2.45, 2.75) is 6.42 Å². The van der Waals surface area contributed by atoms with Crippen molar-refractivity contribution in [3.63, 3.8) is 0 Å². The van der Waals surface area contributed by atoms with Crippen molar-refractivity contribution >= 4 is 34.7 Å². The van der Waals surface area contributed by atoms with Crippen molar-refractivity contribution in [1.82, 2.24) is 0 Å². The minimum atomic E-state index is -0.831. The third-order valence-corrected chi connectivity index (χ3v) is 5.93. The first-order valence-corrected chi connectivity index (χ1v) is 11.5. The smallest absolute Gasteiger partial charge is 0.311 e. The summed E-state index contributed by atoms with van der Waals surface area (Å²) in [6.45, 7) is -0.568. The number of nitro groups is 2. The number of benzene rings is 3. The fourth-order valence-electron chi connectivity index (χ4n) is 3.92. The molecule has 13 heteroatoms. The van der Waals surface area contributed by atoms with Gasteiger partial charge >= 0.3 is 5.97 Å². The molecule has 39 heavy (non-hydrogen) atoms. The number of non-ortho nitro benzene ring substituents is 2. The van der Waals surface area contributed by atoms with Crippen LogP contribution in [0.5, 0.6) is 17.2 Å². The van der Waals surface area contributed by atoms with Gasteiger partial charge < -0.3 is 19.1 Å². The monoisotopic (exact) mass is 535 g/mol. The molecule has 1 atom stereocenters. The van der Waals surface area contributed by atoms with E-state index in [9.17, 15) is 34.6 Å². The molecule has 0 spiro atoms. The summed E-state index contributed by atoms with van der Waals surface area (Å²) < 4.78 is 16.0. The van der Waals surface area contributed by atoms with Gasteiger partial charge in [0.25, 0.3) is 11.4 Å². The number of hydrogen-bond donors (Lipinski definition) is 0. The minimum Gasteiger partial charge on any atom is -0.494 e. The van der Waals surface area contributed by atoms with Crippen LogP contribution in [0.3, 0.4) is 0 Å². The molecule has 1 fully saturated rings. The maximum absolute atomic E-state index is 12.6. The van der Waals surface area contributed by atoms with E-state index in [1.54, 1.807) is 0 Å². The molecule has 0 unspecified atom stereocenters. The van der Waals surface area contributed by atoms with Crippen molar-refractivity contribution in [1.29, 1.82) is 0 Å². The average Bonchev–Trinajstić information content (AvgIpc) is 3.33. The number of nitro benzene ring substituents is 2. The highest BCUT2D eigenvalue weighted by Gasteiger charge is 2.37. The fourth-order valence-corrected chi connectivity index (χ4v) is 3.92. The van der Waals surface area contributed by atoms with Crippen LogP contribution >= 0.6 is 0 Å². The van der Waals surface area contributed by atoms with Gasteiger partial charge in [-0.2, -0.15) is 0 Å². The maximum Gasteiger partial charge on any atom is 0.311 e. The van der Waals surface area contributed by atoms with Gasteiger partial charge in [0.2, 0.25) is 5.91 Å². The van der Waals surface area contributed by atoms with Crippen molar-refractivity contribution in [2.75, 3.05) is 25.2 Å². The van der Waals surface area contributed by atoms with Crippen LogP contribution in [0.15, 0.2) is 66.7 Å². The molecule has 0 aliphatic carbocycles. The molecule has 0 aromatic heterocycles. The molecule has 3 aromatic rings. The summed E-state index contributed by atoms with van der Waals surface area (Å²) >= 11 is 0. The lowest BCUT2D eigenvalue weighted by molar-refractivity contribution is -0.385. The Morgan fingerprint density at radius 3 is 2.10 bits per heavy atom. The molecule has 200 valence electrons. The second-order valence-electron chi connectivity index (χ2n) is 8.43. The zero-order chi connectivity index (χ0) is 28.1. The van der Waals surface area contributed by atoms with Crippen molar-refractivity contribution in [3.8, 4) is 17.2 Å². The molecule has 0 radical (unpaired) electrons. The van der Waals surface area contributed by atoms with Gasteiger partial charge in [-0.1, -0.05) is 0 Å². The molecule has 1 saturated heterocycles.